The quantitative estimate of drug-likeness (QED) is 0.191. The van der Waals surface area contributed by atoms with E-state index in [1.165, 1.54) is 18.4 Å². The third kappa shape index (κ3) is 6.56. The Labute approximate surface area is 245 Å². The summed E-state index contributed by atoms with van der Waals surface area (Å²) in [5, 5.41) is 10.6. The normalized spacial score (nSPS) is 18.8. The number of nitrogens with zero attached hydrogens (tertiary/aromatic N) is 2. The topological polar surface area (TPSA) is 121 Å². The molecule has 2 aromatic heterocycles. The Morgan fingerprint density at radius 1 is 0.976 bits per heavy atom. The van der Waals surface area contributed by atoms with E-state index in [1.807, 2.05) is 33.0 Å². The van der Waals surface area contributed by atoms with Gasteiger partial charge in [-0.2, -0.15) is 0 Å². The molecule has 0 aliphatic heterocycles. The van der Waals surface area contributed by atoms with Crippen LogP contribution in [0.5, 0.6) is 0 Å². The summed E-state index contributed by atoms with van der Waals surface area (Å²) < 4.78 is 5.29. The Morgan fingerprint density at radius 3 is 2.50 bits per heavy atom. The lowest BCUT2D eigenvalue weighted by Crippen LogP contribution is -2.42. The molecule has 0 radical (unpaired) electrons. The summed E-state index contributed by atoms with van der Waals surface area (Å²) in [5.41, 5.74) is 4.96. The molecule has 0 spiro atoms. The number of aromatic amines is 1. The molecule has 42 heavy (non-hydrogen) atoms. The van der Waals surface area contributed by atoms with Crippen molar-refractivity contribution in [1.82, 2.24) is 20.3 Å². The van der Waals surface area contributed by atoms with Gasteiger partial charge in [0.25, 0.3) is 5.91 Å². The van der Waals surface area contributed by atoms with Crippen LogP contribution in [-0.2, 0) is 4.74 Å². The average molecular weight is 567 g/mol. The van der Waals surface area contributed by atoms with E-state index >= 15 is 0 Å². The highest BCUT2D eigenvalue weighted by molar-refractivity contribution is 5.96. The zero-order valence-corrected chi connectivity index (χ0v) is 24.4. The summed E-state index contributed by atoms with van der Waals surface area (Å²) in [6.07, 6.45) is 9.58. The van der Waals surface area contributed by atoms with Crippen LogP contribution in [0, 0.1) is 0 Å². The number of para-hydroxylation sites is 1. The molecule has 2 saturated carbocycles. The number of aromatic nitrogens is 3. The fourth-order valence-corrected chi connectivity index (χ4v) is 5.67. The van der Waals surface area contributed by atoms with Crippen LogP contribution in [0.15, 0.2) is 60.9 Å². The summed E-state index contributed by atoms with van der Waals surface area (Å²) in [6, 6.07) is 15.3. The smallest absolute Gasteiger partial charge is 0.412 e. The van der Waals surface area contributed by atoms with Crippen molar-refractivity contribution in [2.75, 3.05) is 10.6 Å². The Balaban J connectivity index is 1.09. The number of H-pyrrole nitrogens is 1. The Hall–Kier alpha value is -4.40. The van der Waals surface area contributed by atoms with Gasteiger partial charge in [0.05, 0.1) is 5.69 Å². The van der Waals surface area contributed by atoms with E-state index in [9.17, 15) is 9.59 Å². The first-order chi connectivity index (χ1) is 20.2. The molecule has 2 atom stereocenters. The van der Waals surface area contributed by atoms with E-state index in [-0.39, 0.29) is 18.0 Å². The lowest BCUT2D eigenvalue weighted by molar-refractivity contribution is 0.0635. The molecule has 2 aliphatic rings. The second kappa shape index (κ2) is 11.5. The molecule has 2 aliphatic carbocycles. The van der Waals surface area contributed by atoms with Crippen molar-refractivity contribution in [3.05, 3.63) is 72.1 Å². The predicted molar refractivity (Wildman–Crippen MR) is 165 cm³/mol. The maximum absolute atomic E-state index is 13.0. The van der Waals surface area contributed by atoms with Gasteiger partial charge in [-0.1, -0.05) is 18.2 Å². The van der Waals surface area contributed by atoms with Crippen LogP contribution < -0.4 is 16.0 Å². The summed E-state index contributed by atoms with van der Waals surface area (Å²) in [6.45, 7) is 5.43. The van der Waals surface area contributed by atoms with Crippen LogP contribution in [0.3, 0.4) is 0 Å². The number of nitrogens with one attached hydrogen (secondary N) is 4. The van der Waals surface area contributed by atoms with Gasteiger partial charge in [-0.3, -0.25) is 10.1 Å². The number of hydrogen-bond donors (Lipinski definition) is 4. The first-order valence-electron chi connectivity index (χ1n) is 14.8. The monoisotopic (exact) mass is 566 g/mol. The Morgan fingerprint density at radius 2 is 1.74 bits per heavy atom. The molecule has 6 rings (SSSR count). The lowest BCUT2D eigenvalue weighted by Gasteiger charge is -2.30. The fraction of sp³-hybridized carbons (Fsp3) is 0.394. The van der Waals surface area contributed by atoms with E-state index < -0.39 is 11.7 Å². The lowest BCUT2D eigenvalue weighted by atomic mass is 9.91. The van der Waals surface area contributed by atoms with Crippen LogP contribution in [0.4, 0.5) is 16.4 Å². The number of benzene rings is 2. The zero-order valence-electron chi connectivity index (χ0n) is 24.4. The number of anilines is 2. The van der Waals surface area contributed by atoms with Gasteiger partial charge in [-0.25, -0.2) is 14.8 Å². The molecule has 2 aromatic carbocycles. The molecular weight excluding hydrogens is 528 g/mol. The standard InChI is InChI=1S/C33H38N6O3/c1-33(2,3)42-32(41)38-22-15-13-21(14-16-22)30(40)36-23-7-6-8-24(17-23)37-31-35-18-26(20-11-12-20)29(39-31)27-19-34-28-10-5-4-9-25(27)28/h4-5,9-10,13-16,18-20,23-24,34H,6-8,11-12,17H2,1-3H3,(H,36,40)(H,38,41)(H,35,37,39). The van der Waals surface area contributed by atoms with E-state index in [0.29, 0.717) is 23.1 Å². The van der Waals surface area contributed by atoms with E-state index in [2.05, 4.69) is 45.3 Å². The van der Waals surface area contributed by atoms with Gasteiger partial charge >= 0.3 is 6.09 Å². The minimum atomic E-state index is -0.581. The molecule has 9 heteroatoms. The summed E-state index contributed by atoms with van der Waals surface area (Å²) >= 11 is 0. The average Bonchev–Trinajstić information content (AvgIpc) is 3.71. The fourth-order valence-electron chi connectivity index (χ4n) is 5.67. The van der Waals surface area contributed by atoms with E-state index in [4.69, 9.17) is 14.7 Å². The predicted octanol–water partition coefficient (Wildman–Crippen LogP) is 7.00. The van der Waals surface area contributed by atoms with Gasteiger partial charge < -0.3 is 20.4 Å². The summed E-state index contributed by atoms with van der Waals surface area (Å²) in [4.78, 5) is 38.2. The van der Waals surface area contributed by atoms with Crippen molar-refractivity contribution in [2.45, 2.75) is 82.9 Å². The minimum absolute atomic E-state index is 0.0436. The number of amides is 2. The van der Waals surface area contributed by atoms with Crippen molar-refractivity contribution in [1.29, 1.82) is 0 Å². The molecule has 0 bridgehead atoms. The van der Waals surface area contributed by atoms with Crippen molar-refractivity contribution < 1.29 is 14.3 Å². The maximum Gasteiger partial charge on any atom is 0.412 e. The SMILES string of the molecule is CC(C)(C)OC(=O)Nc1ccc(C(=O)NC2CCCC(Nc3ncc(C4CC4)c(-c4c[nH]c5ccccc45)n3)C2)cc1. The first kappa shape index (κ1) is 27.8. The molecule has 4 aromatic rings. The molecule has 218 valence electrons. The van der Waals surface area contributed by atoms with Crippen LogP contribution in [0.2, 0.25) is 0 Å². The van der Waals surface area contributed by atoms with Gasteiger partial charge in [0, 0.05) is 57.8 Å². The number of ether oxygens (including phenoxy) is 1. The van der Waals surface area contributed by atoms with E-state index in [1.54, 1.807) is 24.3 Å². The van der Waals surface area contributed by atoms with E-state index in [0.717, 1.165) is 47.8 Å². The number of hydrogen-bond acceptors (Lipinski definition) is 6. The number of rotatable bonds is 7. The highest BCUT2D eigenvalue weighted by atomic mass is 16.6. The molecule has 2 amide bonds. The van der Waals surface area contributed by atoms with Gasteiger partial charge in [-0.15, -0.1) is 0 Å². The highest BCUT2D eigenvalue weighted by Gasteiger charge is 2.30. The molecular formula is C33H38N6O3. The minimum Gasteiger partial charge on any atom is -0.444 e. The third-order valence-electron chi connectivity index (χ3n) is 7.81. The first-order valence-corrected chi connectivity index (χ1v) is 14.8. The van der Waals surface area contributed by atoms with Gasteiger partial charge in [0.1, 0.15) is 5.60 Å². The number of fused-ring (bicyclic) bond motifs is 1. The van der Waals surface area contributed by atoms with Gasteiger partial charge in [0.15, 0.2) is 0 Å². The van der Waals surface area contributed by atoms with Crippen molar-refractivity contribution >= 4 is 34.5 Å². The van der Waals surface area contributed by atoms with Crippen LogP contribution in [-0.4, -0.2) is 44.6 Å². The maximum atomic E-state index is 13.0. The largest absolute Gasteiger partial charge is 0.444 e. The van der Waals surface area contributed by atoms with Crippen LogP contribution >= 0.6 is 0 Å². The Bertz CT molecular complexity index is 1590. The summed E-state index contributed by atoms with van der Waals surface area (Å²) in [7, 11) is 0. The second-order valence-electron chi connectivity index (χ2n) is 12.4. The third-order valence-corrected chi connectivity index (χ3v) is 7.81. The van der Waals surface area contributed by atoms with Gasteiger partial charge in [-0.05, 0) is 95.5 Å². The number of carbonyl (C=O) groups excluding carboxylic acids is 2. The van der Waals surface area contributed by atoms with Crippen molar-refractivity contribution in [3.63, 3.8) is 0 Å². The Kier molecular flexibility index (Phi) is 7.58. The van der Waals surface area contributed by atoms with Crippen molar-refractivity contribution in [2.24, 2.45) is 0 Å². The highest BCUT2D eigenvalue weighted by Crippen LogP contribution is 2.45. The summed E-state index contributed by atoms with van der Waals surface area (Å²) in [5.74, 6) is 1.03. The van der Waals surface area contributed by atoms with Gasteiger partial charge in [0.2, 0.25) is 5.95 Å². The molecule has 2 unspecified atom stereocenters. The zero-order chi connectivity index (χ0) is 29.3. The molecule has 0 saturated heterocycles. The van der Waals surface area contributed by atoms with Crippen LogP contribution in [0.25, 0.3) is 22.2 Å². The molecule has 9 nitrogen and oxygen atoms in total. The molecule has 2 fully saturated rings. The number of carbonyl (C=O) groups is 2. The van der Waals surface area contributed by atoms with Crippen LogP contribution in [0.1, 0.15) is 81.1 Å². The second-order valence-corrected chi connectivity index (χ2v) is 12.4. The molecule has 2 heterocycles. The molecule has 4 N–H and O–H groups in total. The van der Waals surface area contributed by atoms with Crippen molar-refractivity contribution in [3.8, 4) is 11.3 Å².